The van der Waals surface area contributed by atoms with Crippen LogP contribution in [0.3, 0.4) is 0 Å². The minimum Gasteiger partial charge on any atom is -0.481 e. The van der Waals surface area contributed by atoms with Crippen molar-refractivity contribution in [3.63, 3.8) is 0 Å². The van der Waals surface area contributed by atoms with Crippen LogP contribution >= 0.6 is 0 Å². The van der Waals surface area contributed by atoms with E-state index in [2.05, 4.69) is 24.9 Å². The number of aliphatic imine (C=N–C) groups is 1. The van der Waals surface area contributed by atoms with Crippen molar-refractivity contribution in [2.75, 3.05) is 30.5 Å². The van der Waals surface area contributed by atoms with Gasteiger partial charge in [-0.3, -0.25) is 4.79 Å². The normalized spacial score (nSPS) is 12.4. The maximum Gasteiger partial charge on any atom is 0.328 e. The molecular formula is C21H24N8O5. The van der Waals surface area contributed by atoms with Gasteiger partial charge in [-0.25, -0.2) is 19.8 Å². The Bertz CT molecular complexity index is 1230. The Balaban J connectivity index is 1.76. The molecule has 13 heteroatoms. The fourth-order valence-electron chi connectivity index (χ4n) is 3.14. The molecule has 0 aliphatic heterocycles. The number of nitrogens with two attached hydrogens (primary N) is 2. The first kappa shape index (κ1) is 24.1. The predicted molar refractivity (Wildman–Crippen MR) is 124 cm³/mol. The molecule has 0 spiro atoms. The summed E-state index contributed by atoms with van der Waals surface area (Å²) in [6.45, 7) is 0.410. The Kier molecular flexibility index (Phi) is 7.36. The van der Waals surface area contributed by atoms with Crippen LogP contribution in [-0.2, 0) is 20.9 Å². The number of carboxylic acid groups (broad SMARTS) is 2. The molecule has 13 nitrogen and oxygen atoms in total. The van der Waals surface area contributed by atoms with Crippen LogP contribution in [-0.4, -0.2) is 68.2 Å². The molecule has 0 saturated carbocycles. The van der Waals surface area contributed by atoms with E-state index in [4.69, 9.17) is 21.3 Å². The van der Waals surface area contributed by atoms with Crippen LogP contribution in [0.25, 0.3) is 11.2 Å². The van der Waals surface area contributed by atoms with Gasteiger partial charge in [0.1, 0.15) is 0 Å². The molecule has 0 aliphatic carbocycles. The number of fused-ring (bicyclic) bond motifs is 1. The second-order valence-electron chi connectivity index (χ2n) is 7.33. The topological polar surface area (TPSA) is 203 Å². The van der Waals surface area contributed by atoms with E-state index in [0.717, 1.165) is 5.69 Å². The summed E-state index contributed by atoms with van der Waals surface area (Å²) >= 11 is 0. The molecule has 0 fully saturated rings. The van der Waals surface area contributed by atoms with E-state index in [-0.39, 0.29) is 30.5 Å². The van der Waals surface area contributed by atoms with Crippen LogP contribution in [0.2, 0.25) is 0 Å². The zero-order valence-corrected chi connectivity index (χ0v) is 18.5. The maximum absolute atomic E-state index is 11.4. The Morgan fingerprint density at radius 1 is 1.15 bits per heavy atom. The van der Waals surface area contributed by atoms with Gasteiger partial charge in [0.2, 0.25) is 11.8 Å². The van der Waals surface area contributed by atoms with E-state index in [0.29, 0.717) is 29.0 Å². The zero-order valence-electron chi connectivity index (χ0n) is 18.5. The van der Waals surface area contributed by atoms with Gasteiger partial charge in [-0.15, -0.1) is 0 Å². The van der Waals surface area contributed by atoms with E-state index in [9.17, 15) is 14.7 Å². The summed E-state index contributed by atoms with van der Waals surface area (Å²) in [4.78, 5) is 44.9. The molecule has 3 aromatic rings. The molecule has 2 aromatic heterocycles. The van der Waals surface area contributed by atoms with Crippen LogP contribution in [0.4, 0.5) is 17.5 Å². The number of nitrogens with zero attached hydrogens (tertiary/aromatic N) is 6. The molecule has 1 unspecified atom stereocenters. The number of rotatable bonds is 9. The van der Waals surface area contributed by atoms with E-state index in [1.807, 2.05) is 24.1 Å². The lowest BCUT2D eigenvalue weighted by molar-refractivity contribution is -0.139. The van der Waals surface area contributed by atoms with Crippen molar-refractivity contribution in [3.8, 4) is 0 Å². The lowest BCUT2D eigenvalue weighted by atomic mass is 10.1. The van der Waals surface area contributed by atoms with E-state index >= 15 is 0 Å². The number of nitrogen functional groups attached to an aromatic ring is 2. The number of carboxylic acids is 2. The Morgan fingerprint density at radius 3 is 2.47 bits per heavy atom. The number of anilines is 3. The van der Waals surface area contributed by atoms with Gasteiger partial charge in [0.15, 0.2) is 23.0 Å². The minimum absolute atomic E-state index is 0.0276. The Hall–Kier alpha value is -4.55. The van der Waals surface area contributed by atoms with Gasteiger partial charge in [-0.1, -0.05) is 0 Å². The number of hydrogen-bond donors (Lipinski definition) is 4. The van der Waals surface area contributed by atoms with Gasteiger partial charge in [0.25, 0.3) is 0 Å². The molecule has 0 saturated heterocycles. The molecule has 1 aromatic carbocycles. The van der Waals surface area contributed by atoms with Crippen LogP contribution < -0.4 is 16.4 Å². The largest absolute Gasteiger partial charge is 0.481 e. The summed E-state index contributed by atoms with van der Waals surface area (Å²) in [6.07, 6.45) is 1.12. The monoisotopic (exact) mass is 468 g/mol. The molecule has 6 N–H and O–H groups in total. The second-order valence-corrected chi connectivity index (χ2v) is 7.33. The summed E-state index contributed by atoms with van der Waals surface area (Å²) in [7, 11) is 3.23. The highest BCUT2D eigenvalue weighted by Crippen LogP contribution is 2.19. The Labute approximate surface area is 194 Å². The van der Waals surface area contributed by atoms with Gasteiger partial charge in [-0.2, -0.15) is 9.97 Å². The lowest BCUT2D eigenvalue weighted by Gasteiger charge is -2.19. The van der Waals surface area contributed by atoms with Gasteiger partial charge in [0.05, 0.1) is 25.5 Å². The Morgan fingerprint density at radius 2 is 1.85 bits per heavy atom. The van der Waals surface area contributed by atoms with Crippen molar-refractivity contribution in [2.45, 2.75) is 25.4 Å². The van der Waals surface area contributed by atoms with E-state index in [1.165, 1.54) is 7.11 Å². The third kappa shape index (κ3) is 5.82. The fraction of sp³-hybridized carbons (Fsp3) is 0.286. The highest BCUT2D eigenvalue weighted by atomic mass is 16.5. The quantitative estimate of drug-likeness (QED) is 0.256. The van der Waals surface area contributed by atoms with Crippen LogP contribution in [0.15, 0.2) is 35.5 Å². The van der Waals surface area contributed by atoms with Crippen molar-refractivity contribution in [3.05, 3.63) is 41.7 Å². The summed E-state index contributed by atoms with van der Waals surface area (Å²) in [6, 6.07) is 5.84. The van der Waals surface area contributed by atoms with E-state index in [1.54, 1.807) is 18.3 Å². The zero-order chi connectivity index (χ0) is 24.8. The first-order chi connectivity index (χ1) is 16.2. The minimum atomic E-state index is -1.23. The third-order valence-corrected chi connectivity index (χ3v) is 4.84. The fourth-order valence-corrected chi connectivity index (χ4v) is 3.14. The number of hydrogen-bond acceptors (Lipinski definition) is 11. The second kappa shape index (κ2) is 10.4. The number of aliphatic carboxylic acids is 2. The number of aromatic nitrogens is 4. The third-order valence-electron chi connectivity index (χ3n) is 4.84. The molecule has 1 atom stereocenters. The van der Waals surface area contributed by atoms with Gasteiger partial charge in [-0.05, 0) is 30.7 Å². The van der Waals surface area contributed by atoms with Gasteiger partial charge in [0, 0.05) is 24.7 Å². The molecule has 0 aliphatic rings. The van der Waals surface area contributed by atoms with Crippen molar-refractivity contribution in [1.82, 2.24) is 19.9 Å². The number of ether oxygens (including phenoxy) is 1. The van der Waals surface area contributed by atoms with Crippen LogP contribution in [0, 0.1) is 0 Å². The molecule has 2 heterocycles. The number of benzene rings is 1. The van der Waals surface area contributed by atoms with Crippen molar-refractivity contribution < 1.29 is 24.5 Å². The first-order valence-corrected chi connectivity index (χ1v) is 10.1. The summed E-state index contributed by atoms with van der Waals surface area (Å²) < 4.78 is 5.26. The molecule has 0 amide bonds. The van der Waals surface area contributed by atoms with Crippen LogP contribution in [0.5, 0.6) is 0 Å². The molecular weight excluding hydrogens is 444 g/mol. The van der Waals surface area contributed by atoms with Gasteiger partial charge < -0.3 is 31.3 Å². The predicted octanol–water partition coefficient (Wildman–Crippen LogP) is 0.932. The molecule has 34 heavy (non-hydrogen) atoms. The maximum atomic E-state index is 11.4. The standard InChI is InChI=1S/C21H24N8O5/c1-29(10-12-9-24-18-16(25-12)17(22)27-21(23)28-18)13-5-3-11(4-6-13)19(34-2)26-14(20(32)33)7-8-15(30)31/h3-6,9,14H,7-8,10H2,1-2H3,(H,30,31)(H,32,33)(H4,22,23,24,27,28)/b26-19-. The summed E-state index contributed by atoms with van der Waals surface area (Å²) in [5, 5.41) is 18.2. The van der Waals surface area contributed by atoms with Crippen molar-refractivity contribution in [2.24, 2.45) is 4.99 Å². The average Bonchev–Trinajstić information content (AvgIpc) is 2.79. The highest BCUT2D eigenvalue weighted by molar-refractivity contribution is 5.96. The summed E-state index contributed by atoms with van der Waals surface area (Å²) in [5.74, 6) is -2.04. The van der Waals surface area contributed by atoms with E-state index < -0.39 is 18.0 Å². The van der Waals surface area contributed by atoms with Crippen molar-refractivity contribution in [1.29, 1.82) is 0 Å². The van der Waals surface area contributed by atoms with Crippen LogP contribution in [0.1, 0.15) is 24.1 Å². The average molecular weight is 468 g/mol. The molecule has 178 valence electrons. The number of methoxy groups -OCH3 is 1. The van der Waals surface area contributed by atoms with Crippen molar-refractivity contribution >= 4 is 46.5 Å². The SMILES string of the molecule is CO/C(=N\C(CCC(=O)O)C(=O)O)c1ccc(N(C)Cc2cnc3nc(N)nc(N)c3n2)cc1. The number of carbonyl (C=O) groups is 2. The molecule has 3 rings (SSSR count). The smallest absolute Gasteiger partial charge is 0.328 e. The molecule has 0 bridgehead atoms. The first-order valence-electron chi connectivity index (χ1n) is 10.1. The highest BCUT2D eigenvalue weighted by Gasteiger charge is 2.20. The summed E-state index contributed by atoms with van der Waals surface area (Å²) in [5.41, 5.74) is 14.2. The van der Waals surface area contributed by atoms with Gasteiger partial charge >= 0.3 is 11.9 Å². The molecule has 0 radical (unpaired) electrons. The lowest BCUT2D eigenvalue weighted by Crippen LogP contribution is -2.22.